The second-order valence-electron chi connectivity index (χ2n) is 6.29. The van der Waals surface area contributed by atoms with Crippen LogP contribution in [0.25, 0.3) is 0 Å². The fourth-order valence-electron chi connectivity index (χ4n) is 2.90. The van der Waals surface area contributed by atoms with Crippen LogP contribution in [-0.4, -0.2) is 29.4 Å². The highest BCUT2D eigenvalue weighted by molar-refractivity contribution is 5.94. The number of nitrogens with zero attached hydrogens (tertiary/aromatic N) is 1. The second-order valence-corrected chi connectivity index (χ2v) is 6.29. The van der Waals surface area contributed by atoms with Gasteiger partial charge >= 0.3 is 0 Å². The molecule has 2 amide bonds. The number of ether oxygens (including phenoxy) is 1. The molecule has 0 spiro atoms. The van der Waals surface area contributed by atoms with E-state index in [2.05, 4.69) is 15.6 Å². The lowest BCUT2D eigenvalue weighted by Crippen LogP contribution is -2.30. The minimum atomic E-state index is -0.258. The molecule has 2 N–H and O–H groups in total. The molecule has 1 aliphatic carbocycles. The molecule has 0 aliphatic heterocycles. The van der Waals surface area contributed by atoms with Gasteiger partial charge in [-0.1, -0.05) is 6.07 Å². The van der Waals surface area contributed by atoms with E-state index in [0.717, 1.165) is 18.4 Å². The van der Waals surface area contributed by atoms with Gasteiger partial charge in [-0.3, -0.25) is 9.59 Å². The summed E-state index contributed by atoms with van der Waals surface area (Å²) in [6.07, 6.45) is 9.39. The van der Waals surface area contributed by atoms with Crippen LogP contribution in [0.3, 0.4) is 0 Å². The van der Waals surface area contributed by atoms with Crippen molar-refractivity contribution in [2.75, 3.05) is 6.54 Å². The maximum atomic E-state index is 12.0. The van der Waals surface area contributed by atoms with Crippen molar-refractivity contribution in [1.29, 1.82) is 0 Å². The molecule has 2 aromatic heterocycles. The van der Waals surface area contributed by atoms with Crippen LogP contribution in [0.5, 0.6) is 5.88 Å². The highest BCUT2D eigenvalue weighted by Gasteiger charge is 2.18. The van der Waals surface area contributed by atoms with Crippen molar-refractivity contribution < 1.29 is 18.7 Å². The van der Waals surface area contributed by atoms with Crippen LogP contribution >= 0.6 is 0 Å². The zero-order valence-corrected chi connectivity index (χ0v) is 14.6. The minimum Gasteiger partial charge on any atom is -0.474 e. The highest BCUT2D eigenvalue weighted by Crippen LogP contribution is 2.24. The Bertz CT molecular complexity index is 724. The Balaban J connectivity index is 1.42. The quantitative estimate of drug-likeness (QED) is 0.757. The summed E-state index contributed by atoms with van der Waals surface area (Å²) >= 11 is 0. The smallest absolute Gasteiger partial charge is 0.254 e. The molecule has 0 atom stereocenters. The largest absolute Gasteiger partial charge is 0.474 e. The monoisotopic (exact) mass is 357 g/mol. The number of carbonyl (C=O) groups excluding carboxylic acids is 2. The summed E-state index contributed by atoms with van der Waals surface area (Å²) in [6.45, 7) is 0.610. The third-order valence-corrected chi connectivity index (χ3v) is 4.33. The molecule has 0 radical (unpaired) electrons. The minimum absolute atomic E-state index is 0.145. The van der Waals surface area contributed by atoms with Gasteiger partial charge in [0.1, 0.15) is 12.4 Å². The molecule has 26 heavy (non-hydrogen) atoms. The first kappa shape index (κ1) is 18.0. The lowest BCUT2D eigenvalue weighted by molar-refractivity contribution is -0.121. The van der Waals surface area contributed by atoms with Crippen molar-refractivity contribution >= 4 is 11.8 Å². The number of amides is 2. The molecule has 7 nitrogen and oxygen atoms in total. The third-order valence-electron chi connectivity index (χ3n) is 4.33. The van der Waals surface area contributed by atoms with Crippen molar-refractivity contribution in [3.05, 3.63) is 48.0 Å². The molecule has 0 unspecified atom stereocenters. The number of nitrogens with one attached hydrogen (secondary N) is 2. The third kappa shape index (κ3) is 5.08. The molecule has 1 fully saturated rings. The molecule has 0 bridgehead atoms. The van der Waals surface area contributed by atoms with Gasteiger partial charge < -0.3 is 19.8 Å². The van der Waals surface area contributed by atoms with Gasteiger partial charge in [0.05, 0.1) is 11.8 Å². The van der Waals surface area contributed by atoms with E-state index in [4.69, 9.17) is 9.15 Å². The van der Waals surface area contributed by atoms with E-state index in [0.29, 0.717) is 18.0 Å². The van der Waals surface area contributed by atoms with Gasteiger partial charge in [0.25, 0.3) is 5.91 Å². The second kappa shape index (κ2) is 9.03. The molecule has 1 aliphatic rings. The predicted molar refractivity (Wildman–Crippen MR) is 94.6 cm³/mol. The van der Waals surface area contributed by atoms with Crippen LogP contribution in [0.1, 0.15) is 48.0 Å². The highest BCUT2D eigenvalue weighted by atomic mass is 16.5. The van der Waals surface area contributed by atoms with Crippen LogP contribution in [-0.2, 0) is 11.3 Å². The summed E-state index contributed by atoms with van der Waals surface area (Å²) in [6, 6.07) is 5.30. The Kier molecular flexibility index (Phi) is 6.24. The Morgan fingerprint density at radius 2 is 2.08 bits per heavy atom. The normalized spacial score (nSPS) is 14.2. The molecule has 0 aromatic carbocycles. The van der Waals surface area contributed by atoms with Crippen LogP contribution in [0.4, 0.5) is 0 Å². The van der Waals surface area contributed by atoms with Crippen LogP contribution < -0.4 is 15.4 Å². The molecular formula is C19H23N3O4. The average Bonchev–Trinajstić information content (AvgIpc) is 3.35. The summed E-state index contributed by atoms with van der Waals surface area (Å²) in [4.78, 5) is 28.0. The lowest BCUT2D eigenvalue weighted by Gasteiger charge is -2.15. The summed E-state index contributed by atoms with van der Waals surface area (Å²) < 4.78 is 10.8. The first-order valence-electron chi connectivity index (χ1n) is 8.90. The summed E-state index contributed by atoms with van der Waals surface area (Å²) in [5, 5.41) is 5.52. The maximum Gasteiger partial charge on any atom is 0.254 e. The van der Waals surface area contributed by atoms with Crippen molar-refractivity contribution in [3.63, 3.8) is 0 Å². The Morgan fingerprint density at radius 3 is 2.85 bits per heavy atom. The molecule has 2 aromatic rings. The number of rotatable bonds is 8. The van der Waals surface area contributed by atoms with E-state index in [1.54, 1.807) is 12.3 Å². The zero-order chi connectivity index (χ0) is 18.2. The Labute approximate surface area is 152 Å². The van der Waals surface area contributed by atoms with E-state index < -0.39 is 0 Å². The topological polar surface area (TPSA) is 93.5 Å². The molecule has 2 heterocycles. The van der Waals surface area contributed by atoms with E-state index in [-0.39, 0.29) is 30.9 Å². The SMILES string of the molecule is O=C(CCNC(=O)c1ccoc1)NCc1cccnc1OC1CCCC1. The van der Waals surface area contributed by atoms with Gasteiger partial charge in [-0.2, -0.15) is 0 Å². The standard InChI is InChI=1S/C19H23N3O4/c23-17(7-10-20-18(24)15-8-11-25-13-15)22-12-14-4-3-9-21-19(14)26-16-5-1-2-6-16/h3-4,8-9,11,13,16H,1-2,5-7,10,12H2,(H,20,24)(H,22,23). The molecular weight excluding hydrogens is 334 g/mol. The fourth-order valence-corrected chi connectivity index (χ4v) is 2.90. The Morgan fingerprint density at radius 1 is 1.23 bits per heavy atom. The summed E-state index contributed by atoms with van der Waals surface area (Å²) in [5.74, 6) is 0.187. The van der Waals surface area contributed by atoms with E-state index in [1.165, 1.54) is 25.4 Å². The summed E-state index contributed by atoms with van der Waals surface area (Å²) in [5.41, 5.74) is 1.30. The molecule has 138 valence electrons. The van der Waals surface area contributed by atoms with Crippen molar-refractivity contribution in [1.82, 2.24) is 15.6 Å². The van der Waals surface area contributed by atoms with Crippen LogP contribution in [0, 0.1) is 0 Å². The number of hydrogen-bond acceptors (Lipinski definition) is 5. The van der Waals surface area contributed by atoms with Crippen LogP contribution in [0.2, 0.25) is 0 Å². The van der Waals surface area contributed by atoms with Gasteiger partial charge in [-0.15, -0.1) is 0 Å². The van der Waals surface area contributed by atoms with E-state index in [1.807, 2.05) is 12.1 Å². The number of carbonyl (C=O) groups is 2. The number of furan rings is 1. The maximum absolute atomic E-state index is 12.0. The van der Waals surface area contributed by atoms with Gasteiger partial charge in [0.15, 0.2) is 0 Å². The van der Waals surface area contributed by atoms with E-state index in [9.17, 15) is 9.59 Å². The molecule has 0 saturated heterocycles. The van der Waals surface area contributed by atoms with Gasteiger partial charge in [0.2, 0.25) is 11.8 Å². The van der Waals surface area contributed by atoms with Gasteiger partial charge in [0, 0.05) is 31.3 Å². The van der Waals surface area contributed by atoms with Crippen LogP contribution in [0.15, 0.2) is 41.3 Å². The van der Waals surface area contributed by atoms with Crippen molar-refractivity contribution in [2.24, 2.45) is 0 Å². The molecule has 3 rings (SSSR count). The molecule has 7 heteroatoms. The average molecular weight is 357 g/mol. The summed E-state index contributed by atoms with van der Waals surface area (Å²) in [7, 11) is 0. The number of pyridine rings is 1. The fraction of sp³-hybridized carbons (Fsp3) is 0.421. The first-order valence-corrected chi connectivity index (χ1v) is 8.90. The number of aromatic nitrogens is 1. The first-order chi connectivity index (χ1) is 12.7. The van der Waals surface area contributed by atoms with Crippen molar-refractivity contribution in [2.45, 2.75) is 44.8 Å². The zero-order valence-electron chi connectivity index (χ0n) is 14.6. The number of hydrogen-bond donors (Lipinski definition) is 2. The van der Waals surface area contributed by atoms with Gasteiger partial charge in [-0.25, -0.2) is 4.98 Å². The van der Waals surface area contributed by atoms with Crippen molar-refractivity contribution in [3.8, 4) is 5.88 Å². The molecule has 1 saturated carbocycles. The van der Waals surface area contributed by atoms with E-state index >= 15 is 0 Å². The Hall–Kier alpha value is -2.83. The van der Waals surface area contributed by atoms with Gasteiger partial charge in [-0.05, 0) is 37.8 Å². The lowest BCUT2D eigenvalue weighted by atomic mass is 10.2. The predicted octanol–water partition coefficient (Wildman–Crippen LogP) is 2.43.